The van der Waals surface area contributed by atoms with Crippen molar-refractivity contribution in [2.24, 2.45) is 7.05 Å². The van der Waals surface area contributed by atoms with Crippen LogP contribution in [0.5, 0.6) is 0 Å². The van der Waals surface area contributed by atoms with Gasteiger partial charge in [0.25, 0.3) is 0 Å². The lowest BCUT2D eigenvalue weighted by atomic mass is 10.2. The monoisotopic (exact) mass is 361 g/mol. The molecule has 1 atom stereocenters. The molecular weight excluding hydrogens is 334 g/mol. The smallest absolute Gasteiger partial charge is 0.215 e. The van der Waals surface area contributed by atoms with Crippen molar-refractivity contribution in [1.29, 1.82) is 0 Å². The van der Waals surface area contributed by atoms with E-state index in [9.17, 15) is 8.42 Å². The zero-order valence-corrected chi connectivity index (χ0v) is 15.8. The van der Waals surface area contributed by atoms with Crippen LogP contribution in [0.25, 0.3) is 0 Å². The Bertz CT molecular complexity index is 808. The topological polar surface area (TPSA) is 54.3 Å². The average Bonchev–Trinajstić information content (AvgIpc) is 3.20. The molecule has 0 radical (unpaired) electrons. The van der Waals surface area contributed by atoms with Crippen LogP contribution in [0.1, 0.15) is 35.7 Å². The molecule has 1 aliphatic rings. The van der Waals surface area contributed by atoms with Crippen LogP contribution >= 0.6 is 0 Å². The van der Waals surface area contributed by atoms with Crippen LogP contribution in [0.15, 0.2) is 42.6 Å². The summed E-state index contributed by atoms with van der Waals surface area (Å²) in [5, 5.41) is 0. The minimum absolute atomic E-state index is 0.0224. The summed E-state index contributed by atoms with van der Waals surface area (Å²) in [5.74, 6) is 0.0224. The van der Waals surface area contributed by atoms with E-state index in [1.807, 2.05) is 50.5 Å². The zero-order chi connectivity index (χ0) is 17.9. The summed E-state index contributed by atoms with van der Waals surface area (Å²) in [6.07, 6.45) is 4.37. The predicted molar refractivity (Wildman–Crippen MR) is 101 cm³/mol. The number of rotatable bonds is 7. The lowest BCUT2D eigenvalue weighted by Crippen LogP contribution is -2.38. The second-order valence-corrected chi connectivity index (χ2v) is 8.71. The Labute approximate surface area is 150 Å². The van der Waals surface area contributed by atoms with E-state index in [2.05, 4.69) is 20.3 Å². The molecule has 1 aromatic heterocycles. The number of nitrogens with one attached hydrogen (secondary N) is 1. The third-order valence-electron chi connectivity index (χ3n) is 4.84. The van der Waals surface area contributed by atoms with Gasteiger partial charge in [-0.3, -0.25) is 4.90 Å². The molecule has 0 amide bonds. The summed E-state index contributed by atoms with van der Waals surface area (Å²) in [6, 6.07) is 11.8. The fourth-order valence-corrected chi connectivity index (χ4v) is 4.71. The Balaban J connectivity index is 1.70. The lowest BCUT2D eigenvalue weighted by molar-refractivity contribution is 0.238. The largest absolute Gasteiger partial charge is 0.353 e. The van der Waals surface area contributed by atoms with Crippen LogP contribution in [-0.4, -0.2) is 37.5 Å². The molecule has 1 fully saturated rings. The molecule has 3 rings (SSSR count). The number of nitrogens with zero attached hydrogens (tertiary/aromatic N) is 2. The van der Waals surface area contributed by atoms with E-state index in [-0.39, 0.29) is 11.8 Å². The van der Waals surface area contributed by atoms with Gasteiger partial charge in [-0.05, 0) is 50.6 Å². The second kappa shape index (κ2) is 7.72. The quantitative estimate of drug-likeness (QED) is 0.825. The second-order valence-electron chi connectivity index (χ2n) is 6.90. The number of aryl methyl sites for hydroxylation is 2. The maximum atomic E-state index is 12.5. The van der Waals surface area contributed by atoms with Crippen molar-refractivity contribution >= 4 is 10.0 Å². The Kier molecular flexibility index (Phi) is 5.61. The van der Waals surface area contributed by atoms with E-state index < -0.39 is 10.0 Å². The van der Waals surface area contributed by atoms with Crippen molar-refractivity contribution in [2.75, 3.05) is 19.6 Å². The Morgan fingerprint density at radius 2 is 1.92 bits per heavy atom. The van der Waals surface area contributed by atoms with Crippen molar-refractivity contribution in [1.82, 2.24) is 14.2 Å². The first-order valence-electron chi connectivity index (χ1n) is 8.83. The number of hydrogen-bond acceptors (Lipinski definition) is 3. The third-order valence-corrected chi connectivity index (χ3v) is 6.16. The highest BCUT2D eigenvalue weighted by molar-refractivity contribution is 7.88. The van der Waals surface area contributed by atoms with E-state index in [0.29, 0.717) is 6.54 Å². The highest BCUT2D eigenvalue weighted by atomic mass is 32.2. The van der Waals surface area contributed by atoms with Gasteiger partial charge in [0.1, 0.15) is 0 Å². The van der Waals surface area contributed by atoms with Gasteiger partial charge in [0.15, 0.2) is 0 Å². The minimum atomic E-state index is -3.37. The number of likely N-dealkylation sites (tertiary alicyclic amines) is 1. The maximum Gasteiger partial charge on any atom is 0.215 e. The molecule has 2 heterocycles. The van der Waals surface area contributed by atoms with Gasteiger partial charge in [-0.25, -0.2) is 13.1 Å². The Hall–Kier alpha value is -1.63. The summed E-state index contributed by atoms with van der Waals surface area (Å²) >= 11 is 0. The summed E-state index contributed by atoms with van der Waals surface area (Å²) in [5.41, 5.74) is 3.05. The van der Waals surface area contributed by atoms with Crippen LogP contribution in [0.4, 0.5) is 0 Å². The standard InChI is InChI=1S/C19H27N3O2S/c1-16-7-5-8-17(13-16)15-25(23,24)20-14-19(22-11-3-4-12-22)18-9-6-10-21(18)2/h5-10,13,19-20H,3-4,11-12,14-15H2,1-2H3. The van der Waals surface area contributed by atoms with Gasteiger partial charge in [-0.2, -0.15) is 0 Å². The number of aromatic nitrogens is 1. The van der Waals surface area contributed by atoms with E-state index in [4.69, 9.17) is 0 Å². The molecular formula is C19H27N3O2S. The lowest BCUT2D eigenvalue weighted by Gasteiger charge is -2.28. The van der Waals surface area contributed by atoms with Crippen molar-refractivity contribution in [2.45, 2.75) is 31.6 Å². The summed E-state index contributed by atoms with van der Waals surface area (Å²) in [6.45, 7) is 4.43. The molecule has 0 saturated carbocycles. The van der Waals surface area contributed by atoms with Crippen LogP contribution in [0.3, 0.4) is 0 Å². The highest BCUT2D eigenvalue weighted by Crippen LogP contribution is 2.25. The first-order chi connectivity index (χ1) is 11.9. The van der Waals surface area contributed by atoms with Gasteiger partial charge in [0.05, 0.1) is 11.8 Å². The molecule has 1 aromatic carbocycles. The van der Waals surface area contributed by atoms with Crippen LogP contribution in [0, 0.1) is 6.92 Å². The molecule has 5 nitrogen and oxygen atoms in total. The van der Waals surface area contributed by atoms with Crippen molar-refractivity contribution in [3.63, 3.8) is 0 Å². The van der Waals surface area contributed by atoms with Crippen LogP contribution in [-0.2, 0) is 22.8 Å². The Morgan fingerprint density at radius 1 is 1.16 bits per heavy atom. The normalized spacial score (nSPS) is 17.0. The van der Waals surface area contributed by atoms with E-state index >= 15 is 0 Å². The van der Waals surface area contributed by atoms with E-state index in [1.54, 1.807) is 0 Å². The minimum Gasteiger partial charge on any atom is -0.353 e. The molecule has 2 aromatic rings. The van der Waals surface area contributed by atoms with Gasteiger partial charge in [-0.15, -0.1) is 0 Å². The molecule has 1 unspecified atom stereocenters. The average molecular weight is 362 g/mol. The van der Waals surface area contributed by atoms with Crippen molar-refractivity contribution < 1.29 is 8.42 Å². The molecule has 0 aliphatic carbocycles. The Morgan fingerprint density at radius 3 is 2.56 bits per heavy atom. The van der Waals surface area contributed by atoms with Gasteiger partial charge in [0, 0.05) is 25.5 Å². The molecule has 0 spiro atoms. The SMILES string of the molecule is Cc1cccc(CS(=O)(=O)NCC(c2cccn2C)N2CCCC2)c1. The van der Waals surface area contributed by atoms with Crippen molar-refractivity contribution in [3.05, 3.63) is 59.4 Å². The fraction of sp³-hybridized carbons (Fsp3) is 0.474. The summed E-state index contributed by atoms with van der Waals surface area (Å²) in [4.78, 5) is 2.38. The van der Waals surface area contributed by atoms with Crippen LogP contribution < -0.4 is 4.72 Å². The van der Waals surface area contributed by atoms with Gasteiger partial charge >= 0.3 is 0 Å². The fourth-order valence-electron chi connectivity index (χ4n) is 3.57. The zero-order valence-electron chi connectivity index (χ0n) is 15.0. The maximum absolute atomic E-state index is 12.5. The first kappa shape index (κ1) is 18.2. The van der Waals surface area contributed by atoms with Gasteiger partial charge < -0.3 is 4.57 Å². The van der Waals surface area contributed by atoms with E-state index in [0.717, 1.165) is 29.9 Å². The number of hydrogen-bond donors (Lipinski definition) is 1. The molecule has 1 aliphatic heterocycles. The molecule has 0 bridgehead atoms. The number of benzene rings is 1. The molecule has 136 valence electrons. The first-order valence-corrected chi connectivity index (χ1v) is 10.5. The molecule has 6 heteroatoms. The third kappa shape index (κ3) is 4.71. The predicted octanol–water partition coefficient (Wildman–Crippen LogP) is 2.59. The molecule has 1 saturated heterocycles. The highest BCUT2D eigenvalue weighted by Gasteiger charge is 2.26. The van der Waals surface area contributed by atoms with Gasteiger partial charge in [0.2, 0.25) is 10.0 Å². The molecule has 1 N–H and O–H groups in total. The summed E-state index contributed by atoms with van der Waals surface area (Å²) < 4.78 is 30.0. The summed E-state index contributed by atoms with van der Waals surface area (Å²) in [7, 11) is -1.35. The van der Waals surface area contributed by atoms with Crippen LogP contribution in [0.2, 0.25) is 0 Å². The van der Waals surface area contributed by atoms with Crippen molar-refractivity contribution in [3.8, 4) is 0 Å². The molecule has 25 heavy (non-hydrogen) atoms. The van der Waals surface area contributed by atoms with Gasteiger partial charge in [-0.1, -0.05) is 29.8 Å². The number of sulfonamides is 1. The van der Waals surface area contributed by atoms with E-state index in [1.165, 1.54) is 12.8 Å².